The maximum absolute atomic E-state index is 13.0. The Morgan fingerprint density at radius 1 is 0.778 bits per heavy atom. The van der Waals surface area contributed by atoms with Crippen LogP contribution in [-0.4, -0.2) is 38.9 Å². The smallest absolute Gasteiger partial charge is 0.243 e. The van der Waals surface area contributed by atoms with Gasteiger partial charge in [-0.3, -0.25) is 0 Å². The Hall–Kier alpha value is -1.85. The van der Waals surface area contributed by atoms with Gasteiger partial charge in [-0.2, -0.15) is 4.31 Å². The second-order valence-corrected chi connectivity index (χ2v) is 9.77. The van der Waals surface area contributed by atoms with Crippen LogP contribution in [0.1, 0.15) is 50.7 Å². The van der Waals surface area contributed by atoms with E-state index in [1.807, 2.05) is 12.1 Å². The molecule has 1 heterocycles. The minimum absolute atomic E-state index is 0.392. The van der Waals surface area contributed by atoms with Gasteiger partial charge in [-0.05, 0) is 41.2 Å². The summed E-state index contributed by atoms with van der Waals surface area (Å²) < 4.78 is 27.6. The summed E-state index contributed by atoms with van der Waals surface area (Å²) in [4.78, 5) is 2.70. The molecular formula is C22H30N2O2S. The maximum atomic E-state index is 13.0. The monoisotopic (exact) mass is 386 g/mol. The zero-order valence-corrected chi connectivity index (χ0v) is 17.5. The van der Waals surface area contributed by atoms with Gasteiger partial charge in [0.25, 0.3) is 0 Å². The van der Waals surface area contributed by atoms with E-state index in [0.717, 1.165) is 5.56 Å². The average Bonchev–Trinajstić information content (AvgIpc) is 2.68. The molecule has 146 valence electrons. The van der Waals surface area contributed by atoms with Crippen LogP contribution in [-0.2, 0) is 10.0 Å². The average molecular weight is 387 g/mol. The lowest BCUT2D eigenvalue weighted by atomic mass is 10.00. The maximum Gasteiger partial charge on any atom is 0.243 e. The number of piperazine rings is 1. The first-order valence-electron chi connectivity index (χ1n) is 9.74. The van der Waals surface area contributed by atoms with E-state index in [9.17, 15) is 8.42 Å². The predicted octanol–water partition coefficient (Wildman–Crippen LogP) is 4.44. The Morgan fingerprint density at radius 3 is 1.93 bits per heavy atom. The van der Waals surface area contributed by atoms with Crippen molar-refractivity contribution in [3.05, 3.63) is 59.7 Å². The summed E-state index contributed by atoms with van der Waals surface area (Å²) in [6, 6.07) is 15.8. The van der Waals surface area contributed by atoms with Crippen LogP contribution < -0.4 is 4.90 Å². The first-order chi connectivity index (χ1) is 12.8. The summed E-state index contributed by atoms with van der Waals surface area (Å²) >= 11 is 0. The van der Waals surface area contributed by atoms with Gasteiger partial charge < -0.3 is 4.90 Å². The summed E-state index contributed by atoms with van der Waals surface area (Å²) in [5.41, 5.74) is 3.70. The first-order valence-corrected chi connectivity index (χ1v) is 11.2. The van der Waals surface area contributed by atoms with E-state index in [-0.39, 0.29) is 0 Å². The van der Waals surface area contributed by atoms with Crippen molar-refractivity contribution in [2.45, 2.75) is 44.4 Å². The summed E-state index contributed by atoms with van der Waals surface area (Å²) in [6.45, 7) is 11.1. The van der Waals surface area contributed by atoms with Gasteiger partial charge in [-0.1, -0.05) is 58.0 Å². The molecular weight excluding hydrogens is 356 g/mol. The molecule has 1 aliphatic heterocycles. The fourth-order valence-corrected chi connectivity index (χ4v) is 5.03. The highest BCUT2D eigenvalue weighted by molar-refractivity contribution is 7.89. The minimum atomic E-state index is -3.43. The van der Waals surface area contributed by atoms with Gasteiger partial charge >= 0.3 is 0 Å². The van der Waals surface area contributed by atoms with Crippen molar-refractivity contribution in [1.82, 2.24) is 4.31 Å². The SMILES string of the molecule is CC(C)c1ccc(S(=O)(=O)N2CCN(c3ccccc3C(C)C)CC2)cc1. The molecule has 0 amide bonds. The van der Waals surface area contributed by atoms with Crippen LogP contribution >= 0.6 is 0 Å². The molecule has 0 atom stereocenters. The van der Waals surface area contributed by atoms with Crippen molar-refractivity contribution in [2.75, 3.05) is 31.1 Å². The second-order valence-electron chi connectivity index (χ2n) is 7.83. The lowest BCUT2D eigenvalue weighted by Gasteiger charge is -2.36. The molecule has 2 aromatic carbocycles. The van der Waals surface area contributed by atoms with Crippen molar-refractivity contribution in [3.63, 3.8) is 0 Å². The normalized spacial score (nSPS) is 16.3. The number of rotatable bonds is 5. The molecule has 4 nitrogen and oxygen atoms in total. The molecule has 0 unspecified atom stereocenters. The standard InChI is InChI=1S/C22H30N2O2S/c1-17(2)19-9-11-20(12-10-19)27(25,26)24-15-13-23(14-16-24)22-8-6-5-7-21(22)18(3)4/h5-12,17-18H,13-16H2,1-4H3. The number of nitrogens with zero attached hydrogens (tertiary/aromatic N) is 2. The molecule has 1 saturated heterocycles. The Labute approximate surface area is 163 Å². The first kappa shape index (κ1) is 19.9. The molecule has 0 N–H and O–H groups in total. The van der Waals surface area contributed by atoms with Crippen LogP contribution in [0.15, 0.2) is 53.4 Å². The molecule has 0 aromatic heterocycles. The van der Waals surface area contributed by atoms with Crippen molar-refractivity contribution < 1.29 is 8.42 Å². The van der Waals surface area contributed by atoms with Crippen LogP contribution in [0, 0.1) is 0 Å². The number of sulfonamides is 1. The number of hydrogen-bond donors (Lipinski definition) is 0. The third-order valence-corrected chi connectivity index (χ3v) is 7.24. The second kappa shape index (κ2) is 8.03. The van der Waals surface area contributed by atoms with Crippen LogP contribution in [0.25, 0.3) is 0 Å². The van der Waals surface area contributed by atoms with Crippen LogP contribution in [0.2, 0.25) is 0 Å². The molecule has 0 radical (unpaired) electrons. The van der Waals surface area contributed by atoms with Crippen molar-refractivity contribution in [1.29, 1.82) is 0 Å². The summed E-state index contributed by atoms with van der Waals surface area (Å²) in [7, 11) is -3.43. The summed E-state index contributed by atoms with van der Waals surface area (Å²) in [5, 5.41) is 0. The van der Waals surface area contributed by atoms with Gasteiger partial charge in [0.1, 0.15) is 0 Å². The number of benzene rings is 2. The highest BCUT2D eigenvalue weighted by atomic mass is 32.2. The molecule has 0 bridgehead atoms. The van der Waals surface area contributed by atoms with E-state index in [1.54, 1.807) is 16.4 Å². The summed E-state index contributed by atoms with van der Waals surface area (Å²) in [6.07, 6.45) is 0. The zero-order valence-electron chi connectivity index (χ0n) is 16.7. The van der Waals surface area contributed by atoms with Gasteiger partial charge in [0, 0.05) is 31.9 Å². The quantitative estimate of drug-likeness (QED) is 0.762. The Morgan fingerprint density at radius 2 is 1.37 bits per heavy atom. The van der Waals surface area contributed by atoms with Crippen LogP contribution in [0.5, 0.6) is 0 Å². The molecule has 1 aliphatic rings. The number of hydrogen-bond acceptors (Lipinski definition) is 3. The highest BCUT2D eigenvalue weighted by Crippen LogP contribution is 2.29. The van der Waals surface area contributed by atoms with Gasteiger partial charge in [-0.15, -0.1) is 0 Å². The van der Waals surface area contributed by atoms with Crippen LogP contribution in [0.4, 0.5) is 5.69 Å². The van der Waals surface area contributed by atoms with E-state index in [2.05, 4.69) is 56.9 Å². The fourth-order valence-electron chi connectivity index (χ4n) is 3.61. The summed E-state index contributed by atoms with van der Waals surface area (Å²) in [5.74, 6) is 0.841. The van der Waals surface area contributed by atoms with E-state index in [0.29, 0.717) is 42.9 Å². The molecule has 27 heavy (non-hydrogen) atoms. The lowest BCUT2D eigenvalue weighted by molar-refractivity contribution is 0.384. The molecule has 2 aromatic rings. The largest absolute Gasteiger partial charge is 0.369 e. The Kier molecular flexibility index (Phi) is 5.92. The molecule has 5 heteroatoms. The van der Waals surface area contributed by atoms with Gasteiger partial charge in [0.2, 0.25) is 10.0 Å². The van der Waals surface area contributed by atoms with Gasteiger partial charge in [0.05, 0.1) is 4.90 Å². The van der Waals surface area contributed by atoms with Gasteiger partial charge in [0.15, 0.2) is 0 Å². The molecule has 1 fully saturated rings. The number of para-hydroxylation sites is 1. The topological polar surface area (TPSA) is 40.6 Å². The third-order valence-electron chi connectivity index (χ3n) is 5.32. The molecule has 0 aliphatic carbocycles. The van der Waals surface area contributed by atoms with Crippen molar-refractivity contribution in [2.24, 2.45) is 0 Å². The Balaban J connectivity index is 1.73. The van der Waals surface area contributed by atoms with E-state index < -0.39 is 10.0 Å². The Bertz CT molecular complexity index is 865. The minimum Gasteiger partial charge on any atom is -0.369 e. The van der Waals surface area contributed by atoms with E-state index in [1.165, 1.54) is 11.3 Å². The van der Waals surface area contributed by atoms with E-state index in [4.69, 9.17) is 0 Å². The third kappa shape index (κ3) is 4.19. The van der Waals surface area contributed by atoms with Crippen molar-refractivity contribution in [3.8, 4) is 0 Å². The molecule has 3 rings (SSSR count). The number of anilines is 1. The molecule has 0 saturated carbocycles. The lowest BCUT2D eigenvalue weighted by Crippen LogP contribution is -2.48. The van der Waals surface area contributed by atoms with Crippen molar-refractivity contribution >= 4 is 15.7 Å². The van der Waals surface area contributed by atoms with Gasteiger partial charge in [-0.25, -0.2) is 8.42 Å². The van der Waals surface area contributed by atoms with E-state index >= 15 is 0 Å². The van der Waals surface area contributed by atoms with Crippen LogP contribution in [0.3, 0.4) is 0 Å². The highest BCUT2D eigenvalue weighted by Gasteiger charge is 2.29. The fraction of sp³-hybridized carbons (Fsp3) is 0.455. The predicted molar refractivity (Wildman–Crippen MR) is 112 cm³/mol. The molecule has 0 spiro atoms. The zero-order chi connectivity index (χ0) is 19.6.